The minimum absolute atomic E-state index is 0.0600. The largest absolute Gasteiger partial charge is 0.326 e. The molecule has 0 spiro atoms. The smallest absolute Gasteiger partial charge is 0.296 e. The molecular weight excluding hydrogens is 1000 g/mol. The average Bonchev–Trinajstić information content (AvgIpc) is 3.27. The minimum Gasteiger partial charge on any atom is -0.326 e. The van der Waals surface area contributed by atoms with E-state index in [4.69, 9.17) is 0 Å². The summed E-state index contributed by atoms with van der Waals surface area (Å²) in [5.74, 6) is -0.144. The zero-order valence-corrected chi connectivity index (χ0v) is 38.9. The molecule has 0 bridgehead atoms. The molecule has 0 unspecified atom stereocenters. The van der Waals surface area contributed by atoms with Gasteiger partial charge in [0.25, 0.3) is 40.5 Å². The SMILES string of the molecule is C=CS(=O)(=O)c1cccc(N=c2nc(Nc3ccc(N=Nc4ccc(N=Nc5ccccc5S(=O)(=O)O)c5ccc(S(=O)(=O)O)cc45)c(C)c3)[nH]c(=Nc3cc(S(=O)(=O)O)ccc3S(=O)(=O)O)[nH]2)c1. The second-order valence-corrected chi connectivity index (χ2v) is 21.7. The van der Waals surface area contributed by atoms with Crippen molar-refractivity contribution >= 4 is 107 Å². The number of fused-ring (bicyclic) bond motifs is 1. The summed E-state index contributed by atoms with van der Waals surface area (Å²) >= 11 is 0. The third-order valence-electron chi connectivity index (χ3n) is 9.40. The Balaban J connectivity index is 1.28. The summed E-state index contributed by atoms with van der Waals surface area (Å²) in [5, 5.41) is 20.9. The number of nitrogens with zero attached hydrogens (tertiary/aromatic N) is 7. The van der Waals surface area contributed by atoms with Gasteiger partial charge in [-0.25, -0.2) is 18.4 Å². The number of H-pyrrole nitrogens is 2. The summed E-state index contributed by atoms with van der Waals surface area (Å²) in [6.45, 7) is 4.97. The molecule has 0 fully saturated rings. The molecule has 0 saturated carbocycles. The van der Waals surface area contributed by atoms with Crippen LogP contribution in [0.15, 0.2) is 182 Å². The lowest BCUT2D eigenvalue weighted by molar-refractivity contribution is 0.478. The van der Waals surface area contributed by atoms with Crippen molar-refractivity contribution in [2.24, 2.45) is 30.4 Å². The fourth-order valence-corrected chi connectivity index (χ4v) is 9.18. The van der Waals surface area contributed by atoms with Crippen LogP contribution in [0.2, 0.25) is 0 Å². The van der Waals surface area contributed by atoms with Crippen LogP contribution in [0, 0.1) is 6.92 Å². The van der Waals surface area contributed by atoms with Crippen molar-refractivity contribution in [2.45, 2.75) is 31.4 Å². The first-order chi connectivity index (χ1) is 32.3. The lowest BCUT2D eigenvalue weighted by Gasteiger charge is -2.09. The molecule has 24 nitrogen and oxygen atoms in total. The summed E-state index contributed by atoms with van der Waals surface area (Å²) in [6, 6.07) is 23.8. The number of hydrogen-bond acceptors (Lipinski definition) is 18. The van der Waals surface area contributed by atoms with Gasteiger partial charge in [0.05, 0.1) is 43.1 Å². The molecule has 0 radical (unpaired) electrons. The van der Waals surface area contributed by atoms with Gasteiger partial charge < -0.3 is 5.32 Å². The topological polar surface area (TPSA) is 382 Å². The number of sulfone groups is 1. The maximum atomic E-state index is 12.5. The molecule has 0 amide bonds. The van der Waals surface area contributed by atoms with Gasteiger partial charge in [-0.15, -0.1) is 15.3 Å². The third-order valence-corrected chi connectivity index (χ3v) is 14.2. The lowest BCUT2D eigenvalue weighted by atomic mass is 10.1. The Bertz CT molecular complexity index is 4060. The van der Waals surface area contributed by atoms with Crippen molar-refractivity contribution in [3.63, 3.8) is 0 Å². The van der Waals surface area contributed by atoms with Gasteiger partial charge in [0.2, 0.25) is 17.2 Å². The number of aromatic amines is 2. The predicted molar refractivity (Wildman–Crippen MR) is 246 cm³/mol. The molecule has 1 heterocycles. The molecule has 0 aliphatic carbocycles. The second-order valence-electron chi connectivity index (χ2n) is 14.2. The highest BCUT2D eigenvalue weighted by Crippen LogP contribution is 2.38. The molecule has 29 heteroatoms. The van der Waals surface area contributed by atoms with E-state index in [2.05, 4.69) is 57.3 Å². The Labute approximate surface area is 391 Å². The monoisotopic (exact) mass is 1040 g/mol. The summed E-state index contributed by atoms with van der Waals surface area (Å²) in [5.41, 5.74) is -0.0741. The molecule has 0 atom stereocenters. The fraction of sp³-hybridized carbons (Fsp3) is 0.0250. The molecule has 1 aromatic heterocycles. The molecule has 69 heavy (non-hydrogen) atoms. The molecule has 7 N–H and O–H groups in total. The fourth-order valence-electron chi connectivity index (χ4n) is 6.20. The number of aromatic nitrogens is 3. The normalized spacial score (nSPS) is 13.4. The van der Waals surface area contributed by atoms with E-state index in [0.717, 1.165) is 29.7 Å². The number of hydrogen-bond donors (Lipinski definition) is 7. The summed E-state index contributed by atoms with van der Waals surface area (Å²) < 4.78 is 160. The van der Waals surface area contributed by atoms with E-state index >= 15 is 0 Å². The van der Waals surface area contributed by atoms with Gasteiger partial charge in [0, 0.05) is 21.9 Å². The molecule has 6 aromatic carbocycles. The standard InChI is InChI=1S/C40H32N10O14S5/c1-3-65(51,52)26-8-6-7-24(20-26)41-38-44-39(46-40(45-38)43-35-22-28(67(56,57)58)13-18-37(35)69(62,63)64)42-25-11-15-31(23(2)19-25)47-49-33-17-16-32(29-14-12-27(21-30(29)33)66(53,54)55)48-50-34-9-4-5-10-36(34)68(59,60)61/h3-22H,1H2,2H3,(H,53,54,55)(H,56,57,58)(H,59,60,61)(H,62,63,64)(H3,41,42,43,44,45,46). The quantitative estimate of drug-likeness (QED) is 0.0420. The number of rotatable bonds is 14. The first-order valence-electron chi connectivity index (χ1n) is 19.0. The van der Waals surface area contributed by atoms with Crippen LogP contribution in [0.5, 0.6) is 0 Å². The van der Waals surface area contributed by atoms with Gasteiger partial charge in [0.1, 0.15) is 15.5 Å². The zero-order valence-electron chi connectivity index (χ0n) is 34.8. The van der Waals surface area contributed by atoms with Crippen LogP contribution in [0.4, 0.5) is 45.8 Å². The number of nitrogens with one attached hydrogen (secondary N) is 3. The van der Waals surface area contributed by atoms with Crippen LogP contribution in [0.25, 0.3) is 10.8 Å². The van der Waals surface area contributed by atoms with Gasteiger partial charge >= 0.3 is 0 Å². The van der Waals surface area contributed by atoms with Crippen LogP contribution in [0.3, 0.4) is 0 Å². The van der Waals surface area contributed by atoms with Crippen LogP contribution in [-0.4, -0.2) is 75.3 Å². The maximum Gasteiger partial charge on any atom is 0.296 e. The second kappa shape index (κ2) is 18.9. The first kappa shape index (κ1) is 49.4. The molecule has 7 rings (SSSR count). The van der Waals surface area contributed by atoms with Crippen molar-refractivity contribution < 1.29 is 60.3 Å². The molecule has 0 aliphatic rings. The predicted octanol–water partition coefficient (Wildman–Crippen LogP) is 7.14. The van der Waals surface area contributed by atoms with Crippen molar-refractivity contribution in [1.82, 2.24) is 15.0 Å². The number of anilines is 2. The van der Waals surface area contributed by atoms with Gasteiger partial charge in [-0.05, 0) is 103 Å². The number of aryl methyl sites for hydroxylation is 1. The van der Waals surface area contributed by atoms with Gasteiger partial charge in [0.15, 0.2) is 9.84 Å². The Kier molecular flexibility index (Phi) is 13.5. The van der Waals surface area contributed by atoms with Crippen LogP contribution >= 0.6 is 0 Å². The maximum absolute atomic E-state index is 12.5. The summed E-state index contributed by atoms with van der Waals surface area (Å²) in [4.78, 5) is 15.5. The van der Waals surface area contributed by atoms with Crippen LogP contribution < -0.4 is 16.6 Å². The molecule has 356 valence electrons. The van der Waals surface area contributed by atoms with Crippen molar-refractivity contribution in [3.8, 4) is 0 Å². The van der Waals surface area contributed by atoms with Crippen LogP contribution in [0.1, 0.15) is 5.56 Å². The molecule has 0 aliphatic heterocycles. The highest BCUT2D eigenvalue weighted by Gasteiger charge is 2.21. The van der Waals surface area contributed by atoms with Crippen molar-refractivity contribution in [1.29, 1.82) is 0 Å². The highest BCUT2D eigenvalue weighted by molar-refractivity contribution is 7.94. The molecular formula is C40H32N10O14S5. The van der Waals surface area contributed by atoms with Gasteiger partial charge in [-0.2, -0.15) is 43.8 Å². The van der Waals surface area contributed by atoms with E-state index in [1.807, 2.05) is 0 Å². The van der Waals surface area contributed by atoms with E-state index in [1.54, 1.807) is 13.0 Å². The summed E-state index contributed by atoms with van der Waals surface area (Å²) in [7, 11) is -23.2. The zero-order chi connectivity index (χ0) is 50.1. The Hall–Kier alpha value is -7.48. The minimum atomic E-state index is -5.02. The first-order valence-corrected chi connectivity index (χ1v) is 26.3. The van der Waals surface area contributed by atoms with E-state index in [9.17, 15) is 60.3 Å². The van der Waals surface area contributed by atoms with E-state index < -0.39 is 75.6 Å². The van der Waals surface area contributed by atoms with Gasteiger partial charge in [-0.1, -0.05) is 30.8 Å². The molecule has 0 saturated heterocycles. The number of benzene rings is 6. The highest BCUT2D eigenvalue weighted by atomic mass is 32.2. The average molecular weight is 1040 g/mol. The van der Waals surface area contributed by atoms with E-state index in [0.29, 0.717) is 29.1 Å². The molecule has 7 aromatic rings. The van der Waals surface area contributed by atoms with E-state index in [1.165, 1.54) is 72.8 Å². The van der Waals surface area contributed by atoms with Crippen molar-refractivity contribution in [3.05, 3.63) is 144 Å². The van der Waals surface area contributed by atoms with Gasteiger partial charge in [-0.3, -0.25) is 28.2 Å². The van der Waals surface area contributed by atoms with Crippen LogP contribution in [-0.2, 0) is 50.3 Å². The van der Waals surface area contributed by atoms with E-state index in [-0.39, 0.29) is 55.6 Å². The Morgan fingerprint density at radius 2 is 1.13 bits per heavy atom. The summed E-state index contributed by atoms with van der Waals surface area (Å²) in [6.07, 6.45) is 0. The number of azo groups is 2. The Morgan fingerprint density at radius 3 is 1.78 bits per heavy atom. The van der Waals surface area contributed by atoms with Crippen molar-refractivity contribution in [2.75, 3.05) is 5.32 Å². The Morgan fingerprint density at radius 1 is 0.536 bits per heavy atom. The third kappa shape index (κ3) is 11.8. The lowest BCUT2D eigenvalue weighted by Crippen LogP contribution is -2.28.